The van der Waals surface area contributed by atoms with E-state index in [1.165, 1.54) is 0 Å². The van der Waals surface area contributed by atoms with Crippen molar-refractivity contribution in [2.75, 3.05) is 39.3 Å². The Hall–Kier alpha value is -0.820. The van der Waals surface area contributed by atoms with Crippen LogP contribution in [0.2, 0.25) is 0 Å². The molecule has 1 heterocycles. The number of hydrogen-bond acceptors (Lipinski definition) is 3. The van der Waals surface area contributed by atoms with Crippen molar-refractivity contribution < 1.29 is 23.1 Å². The number of halogens is 3. The van der Waals surface area contributed by atoms with E-state index < -0.39 is 18.6 Å². The third-order valence-corrected chi connectivity index (χ3v) is 2.97. The van der Waals surface area contributed by atoms with Gasteiger partial charge in [0.2, 0.25) is 0 Å². The van der Waals surface area contributed by atoms with Crippen molar-refractivity contribution in [3.63, 3.8) is 0 Å². The third kappa shape index (κ3) is 6.80. The molecule has 0 bridgehead atoms. The van der Waals surface area contributed by atoms with Crippen molar-refractivity contribution >= 4 is 5.97 Å². The number of carboxylic acid groups (broad SMARTS) is 1. The van der Waals surface area contributed by atoms with Crippen molar-refractivity contribution in [2.24, 2.45) is 0 Å². The third-order valence-electron chi connectivity index (χ3n) is 2.97. The summed E-state index contributed by atoms with van der Waals surface area (Å²) in [7, 11) is 0. The highest BCUT2D eigenvalue weighted by Crippen LogP contribution is 2.21. The van der Waals surface area contributed by atoms with Gasteiger partial charge < -0.3 is 10.0 Å². The van der Waals surface area contributed by atoms with Gasteiger partial charge in [-0.1, -0.05) is 0 Å². The second-order valence-corrected chi connectivity index (χ2v) is 4.58. The maximum Gasteiger partial charge on any atom is 0.389 e. The van der Waals surface area contributed by atoms with Crippen LogP contribution in [0.25, 0.3) is 0 Å². The molecule has 1 rings (SSSR count). The van der Waals surface area contributed by atoms with Gasteiger partial charge in [0.1, 0.15) is 0 Å². The minimum absolute atomic E-state index is 0.0103. The van der Waals surface area contributed by atoms with E-state index in [4.69, 9.17) is 5.11 Å². The van der Waals surface area contributed by atoms with Crippen LogP contribution in [0, 0.1) is 0 Å². The fourth-order valence-corrected chi connectivity index (χ4v) is 2.10. The monoisotopic (exact) mass is 268 g/mol. The molecule has 4 nitrogen and oxygen atoms in total. The summed E-state index contributed by atoms with van der Waals surface area (Å²) in [6.45, 7) is 3.14. The van der Waals surface area contributed by atoms with Crippen molar-refractivity contribution in [3.05, 3.63) is 0 Å². The minimum Gasteiger partial charge on any atom is -0.480 e. The predicted molar refractivity (Wildman–Crippen MR) is 60.4 cm³/mol. The molecule has 18 heavy (non-hydrogen) atoms. The van der Waals surface area contributed by atoms with Gasteiger partial charge in [-0.25, -0.2) is 0 Å². The highest BCUT2D eigenvalue weighted by atomic mass is 19.4. The highest BCUT2D eigenvalue weighted by molar-refractivity contribution is 5.69. The number of aliphatic carboxylic acids is 1. The van der Waals surface area contributed by atoms with Crippen LogP contribution in [0.4, 0.5) is 13.2 Å². The fraction of sp³-hybridized carbons (Fsp3) is 0.909. The molecule has 0 unspecified atom stereocenters. The van der Waals surface area contributed by atoms with Crippen LogP contribution in [-0.2, 0) is 4.79 Å². The van der Waals surface area contributed by atoms with Gasteiger partial charge in [0, 0.05) is 26.1 Å². The quantitative estimate of drug-likeness (QED) is 0.819. The Bertz CT molecular complexity index is 272. The van der Waals surface area contributed by atoms with E-state index in [1.54, 1.807) is 0 Å². The number of carbonyl (C=O) groups is 1. The number of alkyl halides is 3. The minimum atomic E-state index is -4.08. The lowest BCUT2D eigenvalue weighted by Crippen LogP contribution is -2.34. The molecular formula is C11H19F3N2O2. The molecule has 0 atom stereocenters. The molecule has 0 aromatic heterocycles. The first-order chi connectivity index (χ1) is 8.37. The average molecular weight is 268 g/mol. The Kier molecular flexibility index (Phi) is 5.87. The van der Waals surface area contributed by atoms with Gasteiger partial charge in [-0.05, 0) is 25.9 Å². The van der Waals surface area contributed by atoms with Crippen LogP contribution >= 0.6 is 0 Å². The smallest absolute Gasteiger partial charge is 0.389 e. The first-order valence-electron chi connectivity index (χ1n) is 6.10. The molecule has 0 aromatic rings. The molecule has 0 amide bonds. The van der Waals surface area contributed by atoms with Gasteiger partial charge in [0.25, 0.3) is 0 Å². The predicted octanol–water partition coefficient (Wildman–Crippen LogP) is 1.42. The number of hydrogen-bond donors (Lipinski definition) is 1. The number of nitrogens with zero attached hydrogens (tertiary/aromatic N) is 2. The maximum absolute atomic E-state index is 12.0. The number of rotatable bonds is 5. The van der Waals surface area contributed by atoms with E-state index in [2.05, 4.69) is 0 Å². The van der Waals surface area contributed by atoms with Crippen LogP contribution in [0.3, 0.4) is 0 Å². The summed E-state index contributed by atoms with van der Waals surface area (Å²) in [5, 5.41) is 8.67. The fourth-order valence-electron chi connectivity index (χ4n) is 2.10. The van der Waals surface area contributed by atoms with Gasteiger partial charge in [-0.15, -0.1) is 0 Å². The first kappa shape index (κ1) is 15.2. The zero-order valence-corrected chi connectivity index (χ0v) is 10.2. The summed E-state index contributed by atoms with van der Waals surface area (Å²) in [5.41, 5.74) is 0. The average Bonchev–Trinajstić information content (AvgIpc) is 2.41. The molecule has 0 radical (unpaired) electrons. The second-order valence-electron chi connectivity index (χ2n) is 4.58. The van der Waals surface area contributed by atoms with Crippen molar-refractivity contribution in [3.8, 4) is 0 Å². The summed E-state index contributed by atoms with van der Waals surface area (Å²) in [6, 6.07) is 0. The lowest BCUT2D eigenvalue weighted by atomic mass is 10.2. The number of carboxylic acids is 1. The molecule has 1 aliphatic heterocycles. The molecule has 1 saturated heterocycles. The second kappa shape index (κ2) is 6.94. The summed E-state index contributed by atoms with van der Waals surface area (Å²) in [4.78, 5) is 14.4. The molecule has 0 aromatic carbocycles. The SMILES string of the molecule is O=C(O)CN1CCCN(CCCC(F)(F)F)CC1. The van der Waals surface area contributed by atoms with Crippen molar-refractivity contribution in [1.82, 2.24) is 9.80 Å². The zero-order chi connectivity index (χ0) is 13.6. The summed E-state index contributed by atoms with van der Waals surface area (Å²) in [6.07, 6.45) is -3.91. The Morgan fingerprint density at radius 1 is 1.11 bits per heavy atom. The van der Waals surface area contributed by atoms with Crippen molar-refractivity contribution in [1.29, 1.82) is 0 Å². The molecule has 7 heteroatoms. The van der Waals surface area contributed by atoms with Crippen molar-refractivity contribution in [2.45, 2.75) is 25.4 Å². The molecule has 106 valence electrons. The molecule has 1 aliphatic rings. The molecular weight excluding hydrogens is 249 g/mol. The Morgan fingerprint density at radius 2 is 1.72 bits per heavy atom. The van der Waals surface area contributed by atoms with E-state index >= 15 is 0 Å². The van der Waals surface area contributed by atoms with Crippen LogP contribution in [-0.4, -0.2) is 66.3 Å². The Balaban J connectivity index is 2.23. The zero-order valence-electron chi connectivity index (χ0n) is 10.2. The van der Waals surface area contributed by atoms with E-state index in [-0.39, 0.29) is 13.0 Å². The lowest BCUT2D eigenvalue weighted by Gasteiger charge is -2.20. The normalized spacial score (nSPS) is 19.7. The van der Waals surface area contributed by atoms with Gasteiger partial charge >= 0.3 is 12.1 Å². The van der Waals surface area contributed by atoms with E-state index in [0.29, 0.717) is 26.2 Å². The highest BCUT2D eigenvalue weighted by Gasteiger charge is 2.26. The van der Waals surface area contributed by atoms with Crippen LogP contribution in [0.5, 0.6) is 0 Å². The van der Waals surface area contributed by atoms with Gasteiger partial charge in [-0.2, -0.15) is 13.2 Å². The van der Waals surface area contributed by atoms with Gasteiger partial charge in [-0.3, -0.25) is 9.69 Å². The van der Waals surface area contributed by atoms with Gasteiger partial charge in [0.15, 0.2) is 0 Å². The van der Waals surface area contributed by atoms with Gasteiger partial charge in [0.05, 0.1) is 6.54 Å². The molecule has 1 N–H and O–H groups in total. The van der Waals surface area contributed by atoms with E-state index in [9.17, 15) is 18.0 Å². The Labute approximate surface area is 104 Å². The molecule has 0 spiro atoms. The van der Waals surface area contributed by atoms with Crippen LogP contribution < -0.4 is 0 Å². The van der Waals surface area contributed by atoms with Crippen LogP contribution in [0.15, 0.2) is 0 Å². The topological polar surface area (TPSA) is 43.8 Å². The summed E-state index contributed by atoms with van der Waals surface area (Å²) >= 11 is 0. The summed E-state index contributed by atoms with van der Waals surface area (Å²) in [5.74, 6) is -0.861. The lowest BCUT2D eigenvalue weighted by molar-refractivity contribution is -0.138. The first-order valence-corrected chi connectivity index (χ1v) is 6.10. The van der Waals surface area contributed by atoms with Crippen LogP contribution in [0.1, 0.15) is 19.3 Å². The van der Waals surface area contributed by atoms with E-state index in [1.807, 2.05) is 9.80 Å². The molecule has 0 aliphatic carbocycles. The maximum atomic E-state index is 12.0. The largest absolute Gasteiger partial charge is 0.480 e. The van der Waals surface area contributed by atoms with E-state index in [0.717, 1.165) is 13.0 Å². The molecule has 1 fully saturated rings. The Morgan fingerprint density at radius 3 is 2.33 bits per heavy atom. The summed E-state index contributed by atoms with van der Waals surface area (Å²) < 4.78 is 36.0. The standard InChI is InChI=1S/C11H19F3N2O2/c12-11(13,14)3-1-4-15-5-2-6-16(8-7-15)9-10(17)18/h1-9H2,(H,17,18). The molecule has 0 saturated carbocycles.